The lowest BCUT2D eigenvalue weighted by molar-refractivity contribution is 0.0978. The van der Waals surface area contributed by atoms with Crippen LogP contribution in [0.15, 0.2) is 12.1 Å². The lowest BCUT2D eigenvalue weighted by Gasteiger charge is -2.06. The number of carbonyl (C=O) groups is 1. The standard InChI is InChI=1S/C12H16FNO2/c1-8-6-9(11(14)7-10(8)13)12(16)4-2-3-5-15/h6-7,15H,2-5,14H2,1H3. The minimum absolute atomic E-state index is 0.0746. The quantitative estimate of drug-likeness (QED) is 0.458. The number of hydrogen-bond acceptors (Lipinski definition) is 3. The zero-order valence-corrected chi connectivity index (χ0v) is 9.29. The van der Waals surface area contributed by atoms with Crippen molar-refractivity contribution in [3.05, 3.63) is 29.1 Å². The first-order valence-corrected chi connectivity index (χ1v) is 5.26. The van der Waals surface area contributed by atoms with Crippen LogP contribution >= 0.6 is 0 Å². The summed E-state index contributed by atoms with van der Waals surface area (Å²) in [6, 6.07) is 2.65. The Bertz CT molecular complexity index is 391. The van der Waals surface area contributed by atoms with Crippen molar-refractivity contribution < 1.29 is 14.3 Å². The summed E-state index contributed by atoms with van der Waals surface area (Å²) in [7, 11) is 0. The molecule has 0 bridgehead atoms. The molecule has 4 heteroatoms. The molecule has 0 atom stereocenters. The van der Waals surface area contributed by atoms with Gasteiger partial charge in [-0.2, -0.15) is 0 Å². The molecule has 0 aliphatic rings. The molecule has 0 amide bonds. The van der Waals surface area contributed by atoms with Crippen molar-refractivity contribution in [3.8, 4) is 0 Å². The van der Waals surface area contributed by atoms with Gasteiger partial charge in [0.25, 0.3) is 0 Å². The van der Waals surface area contributed by atoms with Gasteiger partial charge in [0.2, 0.25) is 0 Å². The summed E-state index contributed by atoms with van der Waals surface area (Å²) in [5.41, 5.74) is 6.55. The predicted molar refractivity (Wildman–Crippen MR) is 60.8 cm³/mol. The van der Waals surface area contributed by atoms with Crippen LogP contribution in [0.4, 0.5) is 10.1 Å². The van der Waals surface area contributed by atoms with E-state index in [-0.39, 0.29) is 18.1 Å². The molecule has 1 aromatic rings. The van der Waals surface area contributed by atoms with Gasteiger partial charge in [0.05, 0.1) is 0 Å². The molecule has 88 valence electrons. The summed E-state index contributed by atoms with van der Waals surface area (Å²) in [6.45, 7) is 1.67. The third kappa shape index (κ3) is 3.03. The Kier molecular flexibility index (Phi) is 4.43. The summed E-state index contributed by atoms with van der Waals surface area (Å²) < 4.78 is 13.1. The Hall–Kier alpha value is -1.42. The maximum absolute atomic E-state index is 13.1. The third-order valence-electron chi connectivity index (χ3n) is 2.44. The van der Waals surface area contributed by atoms with E-state index in [1.165, 1.54) is 12.1 Å². The molecule has 0 heterocycles. The van der Waals surface area contributed by atoms with Crippen LogP contribution in [0.25, 0.3) is 0 Å². The number of nitrogens with two attached hydrogens (primary N) is 1. The lowest BCUT2D eigenvalue weighted by atomic mass is 10.0. The van der Waals surface area contributed by atoms with Gasteiger partial charge in [-0.25, -0.2) is 4.39 Å². The molecule has 0 aliphatic carbocycles. The van der Waals surface area contributed by atoms with E-state index in [0.29, 0.717) is 30.4 Å². The van der Waals surface area contributed by atoms with Crippen LogP contribution in [0.3, 0.4) is 0 Å². The van der Waals surface area contributed by atoms with E-state index < -0.39 is 5.82 Å². The molecular weight excluding hydrogens is 209 g/mol. The first-order chi connectivity index (χ1) is 7.56. The van der Waals surface area contributed by atoms with Crippen molar-refractivity contribution >= 4 is 11.5 Å². The van der Waals surface area contributed by atoms with Crippen molar-refractivity contribution in [2.24, 2.45) is 0 Å². The number of aryl methyl sites for hydroxylation is 1. The van der Waals surface area contributed by atoms with Crippen LogP contribution in [0.2, 0.25) is 0 Å². The molecule has 0 aromatic heterocycles. The number of unbranched alkanes of at least 4 members (excludes halogenated alkanes) is 1. The summed E-state index contributed by atoms with van der Waals surface area (Å²) >= 11 is 0. The number of carbonyl (C=O) groups excluding carboxylic acids is 1. The average Bonchev–Trinajstić information content (AvgIpc) is 2.23. The fourth-order valence-electron chi connectivity index (χ4n) is 1.47. The van der Waals surface area contributed by atoms with Gasteiger partial charge in [-0.15, -0.1) is 0 Å². The number of aliphatic hydroxyl groups excluding tert-OH is 1. The molecule has 0 spiro atoms. The van der Waals surface area contributed by atoms with E-state index in [0.717, 1.165) is 0 Å². The molecule has 3 nitrogen and oxygen atoms in total. The molecule has 3 N–H and O–H groups in total. The topological polar surface area (TPSA) is 63.3 Å². The van der Waals surface area contributed by atoms with E-state index in [2.05, 4.69) is 0 Å². The predicted octanol–water partition coefficient (Wildman–Crippen LogP) is 2.06. The second-order valence-corrected chi connectivity index (χ2v) is 3.79. The lowest BCUT2D eigenvalue weighted by Crippen LogP contribution is -2.05. The Balaban J connectivity index is 2.79. The molecule has 0 saturated heterocycles. The number of anilines is 1. The second-order valence-electron chi connectivity index (χ2n) is 3.79. The van der Waals surface area contributed by atoms with Crippen LogP contribution in [-0.2, 0) is 0 Å². The fraction of sp³-hybridized carbons (Fsp3) is 0.417. The molecule has 0 unspecified atom stereocenters. The minimum atomic E-state index is -0.399. The highest BCUT2D eigenvalue weighted by atomic mass is 19.1. The molecule has 16 heavy (non-hydrogen) atoms. The number of halogens is 1. The largest absolute Gasteiger partial charge is 0.398 e. The SMILES string of the molecule is Cc1cc(C(=O)CCCCO)c(N)cc1F. The van der Waals surface area contributed by atoms with Crippen LogP contribution in [0, 0.1) is 12.7 Å². The van der Waals surface area contributed by atoms with Gasteiger partial charge in [-0.3, -0.25) is 4.79 Å². The molecule has 0 aliphatic heterocycles. The summed E-state index contributed by atoms with van der Waals surface area (Å²) in [5.74, 6) is -0.501. The van der Waals surface area contributed by atoms with Gasteiger partial charge in [0.1, 0.15) is 5.82 Å². The molecule has 1 aromatic carbocycles. The summed E-state index contributed by atoms with van der Waals surface area (Å²) in [4.78, 5) is 11.7. The number of hydrogen-bond donors (Lipinski definition) is 2. The summed E-state index contributed by atoms with van der Waals surface area (Å²) in [5, 5.41) is 8.60. The van der Waals surface area contributed by atoms with E-state index >= 15 is 0 Å². The van der Waals surface area contributed by atoms with E-state index in [1.807, 2.05) is 0 Å². The first-order valence-electron chi connectivity index (χ1n) is 5.26. The smallest absolute Gasteiger partial charge is 0.164 e. The maximum atomic E-state index is 13.1. The monoisotopic (exact) mass is 225 g/mol. The van der Waals surface area contributed by atoms with Gasteiger partial charge in [0, 0.05) is 24.3 Å². The minimum Gasteiger partial charge on any atom is -0.398 e. The first kappa shape index (κ1) is 12.6. The van der Waals surface area contributed by atoms with Crippen molar-refractivity contribution in [3.63, 3.8) is 0 Å². The fourth-order valence-corrected chi connectivity index (χ4v) is 1.47. The van der Waals surface area contributed by atoms with E-state index in [1.54, 1.807) is 6.92 Å². The van der Waals surface area contributed by atoms with Crippen molar-refractivity contribution in [2.75, 3.05) is 12.3 Å². The Labute approximate surface area is 94.1 Å². The second kappa shape index (κ2) is 5.61. The molecular formula is C12H16FNO2. The van der Waals surface area contributed by atoms with Crippen LogP contribution < -0.4 is 5.73 Å². The highest BCUT2D eigenvalue weighted by molar-refractivity contribution is 6.00. The number of nitrogen functional groups attached to an aromatic ring is 1. The number of ketones is 1. The third-order valence-corrected chi connectivity index (χ3v) is 2.44. The van der Waals surface area contributed by atoms with Gasteiger partial charge >= 0.3 is 0 Å². The van der Waals surface area contributed by atoms with Crippen molar-refractivity contribution in [2.45, 2.75) is 26.2 Å². The van der Waals surface area contributed by atoms with Gasteiger partial charge < -0.3 is 10.8 Å². The maximum Gasteiger partial charge on any atom is 0.164 e. The number of aliphatic hydroxyl groups is 1. The highest BCUT2D eigenvalue weighted by Crippen LogP contribution is 2.19. The molecule has 0 saturated carbocycles. The molecule has 0 radical (unpaired) electrons. The highest BCUT2D eigenvalue weighted by Gasteiger charge is 2.12. The Morgan fingerprint density at radius 2 is 2.12 bits per heavy atom. The number of benzene rings is 1. The Morgan fingerprint density at radius 3 is 2.75 bits per heavy atom. The number of Topliss-reactive ketones (excluding diaryl/α,β-unsaturated/α-hetero) is 1. The van der Waals surface area contributed by atoms with Crippen LogP contribution in [0.5, 0.6) is 0 Å². The van der Waals surface area contributed by atoms with Gasteiger partial charge in [-0.05, 0) is 37.5 Å². The van der Waals surface area contributed by atoms with E-state index in [9.17, 15) is 9.18 Å². The molecule has 0 fully saturated rings. The van der Waals surface area contributed by atoms with Crippen LogP contribution in [-0.4, -0.2) is 17.5 Å². The van der Waals surface area contributed by atoms with Crippen molar-refractivity contribution in [1.82, 2.24) is 0 Å². The molecule has 1 rings (SSSR count). The Morgan fingerprint density at radius 1 is 1.44 bits per heavy atom. The van der Waals surface area contributed by atoms with Crippen LogP contribution in [0.1, 0.15) is 35.2 Å². The number of rotatable bonds is 5. The van der Waals surface area contributed by atoms with Crippen molar-refractivity contribution in [1.29, 1.82) is 0 Å². The zero-order chi connectivity index (χ0) is 12.1. The average molecular weight is 225 g/mol. The van der Waals surface area contributed by atoms with Gasteiger partial charge in [0.15, 0.2) is 5.78 Å². The van der Waals surface area contributed by atoms with E-state index in [4.69, 9.17) is 10.8 Å². The normalized spacial score (nSPS) is 10.4. The zero-order valence-electron chi connectivity index (χ0n) is 9.29. The summed E-state index contributed by atoms with van der Waals surface area (Å²) in [6.07, 6.45) is 1.53. The van der Waals surface area contributed by atoms with Gasteiger partial charge in [-0.1, -0.05) is 0 Å².